The van der Waals surface area contributed by atoms with E-state index >= 15 is 0 Å². The van der Waals surface area contributed by atoms with E-state index in [0.29, 0.717) is 24.9 Å². The lowest BCUT2D eigenvalue weighted by Crippen LogP contribution is -2.49. The molecule has 0 bridgehead atoms. The third-order valence-electron chi connectivity index (χ3n) is 4.82. The number of amides is 1. The molecule has 0 saturated carbocycles. The Morgan fingerprint density at radius 3 is 2.48 bits per heavy atom. The molecule has 2 rings (SSSR count). The van der Waals surface area contributed by atoms with Crippen LogP contribution in [0.2, 0.25) is 0 Å². The van der Waals surface area contributed by atoms with Gasteiger partial charge in [-0.1, -0.05) is 26.8 Å². The number of hydrogen-bond donors (Lipinski definition) is 1. The zero-order valence-electron chi connectivity index (χ0n) is 15.0. The number of nitrogens with zero attached hydrogens (tertiary/aromatic N) is 2. The molecule has 1 saturated heterocycles. The van der Waals surface area contributed by atoms with Crippen LogP contribution in [0.25, 0.3) is 0 Å². The van der Waals surface area contributed by atoms with Gasteiger partial charge in [0.05, 0.1) is 10.8 Å². The Bertz CT molecular complexity index is 708. The van der Waals surface area contributed by atoms with Gasteiger partial charge in [0.2, 0.25) is 0 Å². The molecule has 0 radical (unpaired) electrons. The fourth-order valence-corrected chi connectivity index (χ4v) is 3.38. The van der Waals surface area contributed by atoms with E-state index in [-0.39, 0.29) is 17.2 Å². The van der Waals surface area contributed by atoms with Crippen LogP contribution in [0.3, 0.4) is 0 Å². The quantitative estimate of drug-likeness (QED) is 0.667. The van der Waals surface area contributed by atoms with Crippen molar-refractivity contribution in [3.05, 3.63) is 39.4 Å². The van der Waals surface area contributed by atoms with Crippen molar-refractivity contribution in [2.75, 3.05) is 6.54 Å². The molecule has 7 heteroatoms. The van der Waals surface area contributed by atoms with Crippen LogP contribution in [-0.2, 0) is 10.2 Å². The van der Waals surface area contributed by atoms with Crippen LogP contribution in [-0.4, -0.2) is 39.4 Å². The molecular formula is C18H24N2O5. The average molecular weight is 348 g/mol. The molecule has 0 unspecified atom stereocenters. The number of piperidine rings is 1. The average Bonchev–Trinajstić information content (AvgIpc) is 2.52. The van der Waals surface area contributed by atoms with Crippen molar-refractivity contribution < 1.29 is 19.6 Å². The van der Waals surface area contributed by atoms with Crippen molar-refractivity contribution in [3.8, 4) is 0 Å². The highest BCUT2D eigenvalue weighted by Gasteiger charge is 2.36. The third kappa shape index (κ3) is 3.81. The second-order valence-corrected chi connectivity index (χ2v) is 7.57. The molecule has 1 N–H and O–H groups in total. The summed E-state index contributed by atoms with van der Waals surface area (Å²) in [5, 5.41) is 20.7. The van der Waals surface area contributed by atoms with E-state index in [1.807, 2.05) is 20.8 Å². The van der Waals surface area contributed by atoms with Gasteiger partial charge in [-0.25, -0.2) is 0 Å². The summed E-state index contributed by atoms with van der Waals surface area (Å²) in [6.07, 6.45) is 1.14. The number of rotatable bonds is 3. The predicted molar refractivity (Wildman–Crippen MR) is 92.7 cm³/mol. The van der Waals surface area contributed by atoms with Crippen molar-refractivity contribution in [1.29, 1.82) is 0 Å². The molecule has 2 atom stereocenters. The molecule has 0 aromatic heterocycles. The van der Waals surface area contributed by atoms with E-state index in [1.54, 1.807) is 19.1 Å². The lowest BCUT2D eigenvalue weighted by Gasteiger charge is -2.37. The first-order valence-corrected chi connectivity index (χ1v) is 8.36. The molecule has 1 heterocycles. The maximum absolute atomic E-state index is 12.8. The minimum absolute atomic E-state index is 0.0854. The van der Waals surface area contributed by atoms with Crippen LogP contribution in [0, 0.1) is 16.0 Å². The van der Waals surface area contributed by atoms with E-state index in [1.165, 1.54) is 11.0 Å². The molecule has 1 aromatic carbocycles. The van der Waals surface area contributed by atoms with Crippen LogP contribution in [0.15, 0.2) is 18.2 Å². The number of carbonyl (C=O) groups excluding carboxylic acids is 1. The molecule has 1 aliphatic heterocycles. The van der Waals surface area contributed by atoms with Crippen LogP contribution in [0.4, 0.5) is 5.69 Å². The van der Waals surface area contributed by atoms with Crippen molar-refractivity contribution in [2.24, 2.45) is 5.92 Å². The van der Waals surface area contributed by atoms with Gasteiger partial charge in [-0.15, -0.1) is 0 Å². The normalized spacial score (nSPS) is 21.0. The summed E-state index contributed by atoms with van der Waals surface area (Å²) in [6.45, 7) is 7.80. The van der Waals surface area contributed by atoms with Crippen molar-refractivity contribution in [3.63, 3.8) is 0 Å². The molecule has 25 heavy (non-hydrogen) atoms. The summed E-state index contributed by atoms with van der Waals surface area (Å²) in [5.41, 5.74) is 0.274. The van der Waals surface area contributed by atoms with Crippen LogP contribution < -0.4 is 0 Å². The summed E-state index contributed by atoms with van der Waals surface area (Å²) in [6, 6.07) is 4.07. The number of hydrogen-bond acceptors (Lipinski definition) is 4. The van der Waals surface area contributed by atoms with Crippen molar-refractivity contribution in [2.45, 2.75) is 52.0 Å². The lowest BCUT2D eigenvalue weighted by molar-refractivity contribution is -0.386. The summed E-state index contributed by atoms with van der Waals surface area (Å²) >= 11 is 0. The zero-order chi connectivity index (χ0) is 18.9. The largest absolute Gasteiger partial charge is 0.481 e. The number of carboxylic acids is 1. The Hall–Kier alpha value is -2.44. The van der Waals surface area contributed by atoms with Gasteiger partial charge in [-0.3, -0.25) is 19.7 Å². The Labute approximate surface area is 146 Å². The Balaban J connectivity index is 2.38. The van der Waals surface area contributed by atoms with Crippen molar-refractivity contribution in [1.82, 2.24) is 4.90 Å². The number of benzene rings is 1. The number of carbonyl (C=O) groups is 2. The topological polar surface area (TPSA) is 101 Å². The predicted octanol–water partition coefficient (Wildman–Crippen LogP) is 3.22. The summed E-state index contributed by atoms with van der Waals surface area (Å²) < 4.78 is 0. The van der Waals surface area contributed by atoms with Crippen LogP contribution in [0.5, 0.6) is 0 Å². The fraction of sp³-hybridized carbons (Fsp3) is 0.556. The van der Waals surface area contributed by atoms with Gasteiger partial charge in [-0.2, -0.15) is 0 Å². The second-order valence-electron chi connectivity index (χ2n) is 7.57. The fourth-order valence-electron chi connectivity index (χ4n) is 3.38. The molecule has 136 valence electrons. The first-order valence-electron chi connectivity index (χ1n) is 8.36. The van der Waals surface area contributed by atoms with E-state index in [4.69, 9.17) is 0 Å². The van der Waals surface area contributed by atoms with Crippen LogP contribution in [0.1, 0.15) is 56.5 Å². The monoisotopic (exact) mass is 348 g/mol. The first kappa shape index (κ1) is 18.9. The first-order chi connectivity index (χ1) is 11.5. The highest BCUT2D eigenvalue weighted by Crippen LogP contribution is 2.33. The van der Waals surface area contributed by atoms with Gasteiger partial charge >= 0.3 is 5.97 Å². The van der Waals surface area contributed by atoms with E-state index in [9.17, 15) is 24.8 Å². The number of nitro benzene ring substituents is 1. The molecule has 0 aliphatic carbocycles. The maximum Gasteiger partial charge on any atom is 0.308 e. The molecule has 1 aromatic rings. The number of carboxylic acid groups (broad SMARTS) is 1. The SMILES string of the molecule is C[C@@H]1[C@H](C(=O)O)CCCN1C(=O)c1ccc(C(C)(C)C)c([N+](=O)[O-])c1. The summed E-state index contributed by atoms with van der Waals surface area (Å²) in [5.74, 6) is -1.89. The summed E-state index contributed by atoms with van der Waals surface area (Å²) in [7, 11) is 0. The van der Waals surface area contributed by atoms with Crippen LogP contribution >= 0.6 is 0 Å². The van der Waals surface area contributed by atoms with Gasteiger partial charge in [-0.05, 0) is 31.2 Å². The molecule has 7 nitrogen and oxygen atoms in total. The molecule has 1 amide bonds. The molecule has 1 aliphatic rings. The minimum atomic E-state index is -0.918. The smallest absolute Gasteiger partial charge is 0.308 e. The Morgan fingerprint density at radius 2 is 1.96 bits per heavy atom. The zero-order valence-corrected chi connectivity index (χ0v) is 15.0. The standard InChI is InChI=1S/C18H24N2O5/c1-11-13(17(22)23)6-5-9-19(11)16(21)12-7-8-14(18(2,3)4)15(10-12)20(24)25/h7-8,10-11,13H,5-6,9H2,1-4H3,(H,22,23)/t11-,13-/m1/s1. The second kappa shape index (κ2) is 6.82. The minimum Gasteiger partial charge on any atom is -0.481 e. The molecule has 1 fully saturated rings. The molecular weight excluding hydrogens is 324 g/mol. The highest BCUT2D eigenvalue weighted by atomic mass is 16.6. The Kier molecular flexibility index (Phi) is 5.15. The lowest BCUT2D eigenvalue weighted by atomic mass is 9.85. The third-order valence-corrected chi connectivity index (χ3v) is 4.82. The highest BCUT2D eigenvalue weighted by molar-refractivity contribution is 5.95. The summed E-state index contributed by atoms with van der Waals surface area (Å²) in [4.78, 5) is 36.6. The van der Waals surface area contributed by atoms with Gasteiger partial charge in [0, 0.05) is 29.8 Å². The van der Waals surface area contributed by atoms with Crippen molar-refractivity contribution >= 4 is 17.6 Å². The van der Waals surface area contributed by atoms with Gasteiger partial charge in [0.1, 0.15) is 0 Å². The van der Waals surface area contributed by atoms with Gasteiger partial charge in [0.25, 0.3) is 11.6 Å². The number of likely N-dealkylation sites (tertiary alicyclic amines) is 1. The van der Waals surface area contributed by atoms with E-state index in [2.05, 4.69) is 0 Å². The van der Waals surface area contributed by atoms with Gasteiger partial charge in [0.15, 0.2) is 0 Å². The Morgan fingerprint density at radius 1 is 1.32 bits per heavy atom. The number of aliphatic carboxylic acids is 1. The van der Waals surface area contributed by atoms with Gasteiger partial charge < -0.3 is 10.0 Å². The van der Waals surface area contributed by atoms with E-state index in [0.717, 1.165) is 0 Å². The molecule has 0 spiro atoms. The number of nitro groups is 1. The maximum atomic E-state index is 12.8. The van der Waals surface area contributed by atoms with E-state index < -0.39 is 28.3 Å².